The van der Waals surface area contributed by atoms with Gasteiger partial charge in [-0.15, -0.1) is 0 Å². The van der Waals surface area contributed by atoms with Gasteiger partial charge in [-0.25, -0.2) is 9.13 Å². The van der Waals surface area contributed by atoms with Gasteiger partial charge < -0.3 is 33.8 Å². The van der Waals surface area contributed by atoms with Gasteiger partial charge in [0.1, 0.15) is 19.3 Å². The van der Waals surface area contributed by atoms with Crippen LogP contribution in [0.5, 0.6) is 0 Å². The summed E-state index contributed by atoms with van der Waals surface area (Å²) in [6.07, 6.45) is 91.9. The summed E-state index contributed by atoms with van der Waals surface area (Å²) in [5.41, 5.74) is 0. The summed E-state index contributed by atoms with van der Waals surface area (Å²) in [5.74, 6) is -2.29. The first-order valence-electron chi connectivity index (χ1n) is 40.4. The molecule has 0 bridgehead atoms. The van der Waals surface area contributed by atoms with Crippen molar-refractivity contribution in [2.45, 2.75) is 316 Å². The quantitative estimate of drug-likeness (QED) is 0.0169. The zero-order chi connectivity index (χ0) is 77.4. The Hall–Kier alpha value is -5.58. The van der Waals surface area contributed by atoms with Gasteiger partial charge in [-0.1, -0.05) is 268 Å². The number of unbranched alkanes of at least 4 members (excludes halogenated alkanes) is 20. The highest BCUT2D eigenvalue weighted by Gasteiger charge is 2.30. The average Bonchev–Trinajstić information content (AvgIpc) is 0.909. The molecule has 17 nitrogen and oxygen atoms in total. The van der Waals surface area contributed by atoms with Crippen molar-refractivity contribution in [1.29, 1.82) is 0 Å². The van der Waals surface area contributed by atoms with E-state index < -0.39 is 97.5 Å². The van der Waals surface area contributed by atoms with Gasteiger partial charge in [0.25, 0.3) is 0 Å². The number of phosphoric ester groups is 2. The molecule has 0 aromatic carbocycles. The summed E-state index contributed by atoms with van der Waals surface area (Å²) >= 11 is 0. The molecule has 0 aromatic heterocycles. The summed E-state index contributed by atoms with van der Waals surface area (Å²) in [6.45, 7) is 4.39. The van der Waals surface area contributed by atoms with Crippen LogP contribution in [0.25, 0.3) is 0 Å². The lowest BCUT2D eigenvalue weighted by atomic mass is 10.1. The molecule has 0 rings (SSSR count). The Bertz CT molecular complexity index is 2680. The smallest absolute Gasteiger partial charge is 0.462 e. The van der Waals surface area contributed by atoms with Gasteiger partial charge in [0.15, 0.2) is 12.2 Å². The number of rotatable bonds is 74. The molecule has 0 saturated heterocycles. The molecule has 0 amide bonds. The third-order valence-electron chi connectivity index (χ3n) is 16.2. The van der Waals surface area contributed by atoms with Crippen LogP contribution < -0.4 is 0 Å². The van der Waals surface area contributed by atoms with E-state index in [0.717, 1.165) is 193 Å². The minimum Gasteiger partial charge on any atom is -0.462 e. The zero-order valence-electron chi connectivity index (χ0n) is 65.8. The molecule has 0 radical (unpaired) electrons. The fourth-order valence-corrected chi connectivity index (χ4v) is 11.7. The molecule has 5 unspecified atom stereocenters. The van der Waals surface area contributed by atoms with Crippen molar-refractivity contribution < 1.29 is 80.2 Å². The fourth-order valence-electron chi connectivity index (χ4n) is 10.1. The molecule has 0 heterocycles. The van der Waals surface area contributed by atoms with E-state index in [-0.39, 0.29) is 25.7 Å². The fraction of sp³-hybridized carbons (Fsp3) is 0.632. The second-order valence-electron chi connectivity index (χ2n) is 26.2. The maximum Gasteiger partial charge on any atom is 0.472 e. The van der Waals surface area contributed by atoms with Crippen LogP contribution in [0.15, 0.2) is 170 Å². The molecule has 0 aliphatic heterocycles. The Morgan fingerprint density at radius 2 is 0.491 bits per heavy atom. The molecular formula is C87H142O17P2. The number of phosphoric acid groups is 2. The van der Waals surface area contributed by atoms with E-state index in [0.29, 0.717) is 32.1 Å². The first-order chi connectivity index (χ1) is 51.7. The van der Waals surface area contributed by atoms with Crippen molar-refractivity contribution in [3.8, 4) is 0 Å². The van der Waals surface area contributed by atoms with Crippen molar-refractivity contribution in [1.82, 2.24) is 0 Å². The molecule has 3 N–H and O–H groups in total. The number of carbonyl (C=O) groups excluding carboxylic acids is 4. The van der Waals surface area contributed by atoms with Crippen molar-refractivity contribution in [2.75, 3.05) is 39.6 Å². The van der Waals surface area contributed by atoms with Gasteiger partial charge in [0, 0.05) is 25.7 Å². The van der Waals surface area contributed by atoms with E-state index >= 15 is 0 Å². The Morgan fingerprint density at radius 3 is 0.774 bits per heavy atom. The number of aliphatic hydroxyl groups excluding tert-OH is 1. The molecule has 0 aromatic rings. The van der Waals surface area contributed by atoms with E-state index in [4.69, 9.17) is 37.0 Å². The van der Waals surface area contributed by atoms with Crippen LogP contribution in [0.2, 0.25) is 0 Å². The highest BCUT2D eigenvalue weighted by Crippen LogP contribution is 2.45. The lowest BCUT2D eigenvalue weighted by Gasteiger charge is -2.21. The van der Waals surface area contributed by atoms with Gasteiger partial charge >= 0.3 is 39.5 Å². The predicted molar refractivity (Wildman–Crippen MR) is 436 cm³/mol. The Balaban J connectivity index is 5.45. The molecule has 0 fully saturated rings. The number of hydrogen-bond acceptors (Lipinski definition) is 15. The lowest BCUT2D eigenvalue weighted by molar-refractivity contribution is -0.161. The number of ether oxygens (including phenoxy) is 4. The lowest BCUT2D eigenvalue weighted by Crippen LogP contribution is -2.30. The van der Waals surface area contributed by atoms with Gasteiger partial charge in [0.2, 0.25) is 0 Å². The van der Waals surface area contributed by atoms with E-state index in [1.807, 2.05) is 0 Å². The molecule has 0 aliphatic rings. The summed E-state index contributed by atoms with van der Waals surface area (Å²) < 4.78 is 68.6. The zero-order valence-corrected chi connectivity index (χ0v) is 67.6. The average molecular weight is 1520 g/mol. The third kappa shape index (κ3) is 76.6. The van der Waals surface area contributed by atoms with Crippen molar-refractivity contribution >= 4 is 39.5 Å². The van der Waals surface area contributed by atoms with Crippen molar-refractivity contribution in [3.05, 3.63) is 170 Å². The van der Waals surface area contributed by atoms with Gasteiger partial charge in [-0.05, 0) is 173 Å². The van der Waals surface area contributed by atoms with E-state index in [1.165, 1.54) is 19.3 Å². The number of aliphatic hydroxyl groups is 1. The van der Waals surface area contributed by atoms with Crippen LogP contribution in [-0.2, 0) is 65.4 Å². The molecule has 0 spiro atoms. The normalized spacial score (nSPS) is 14.7. The first kappa shape index (κ1) is 100. The second kappa shape index (κ2) is 77.6. The number of hydrogen-bond donors (Lipinski definition) is 3. The molecule has 5 atom stereocenters. The van der Waals surface area contributed by atoms with Crippen LogP contribution >= 0.6 is 15.6 Å². The summed E-state index contributed by atoms with van der Waals surface area (Å²) in [5, 5.41) is 10.7. The van der Waals surface area contributed by atoms with E-state index in [2.05, 4.69) is 198 Å². The van der Waals surface area contributed by atoms with Crippen molar-refractivity contribution in [3.63, 3.8) is 0 Å². The molecule has 0 saturated carbocycles. The molecule has 0 aliphatic carbocycles. The molecule has 19 heteroatoms. The van der Waals surface area contributed by atoms with Gasteiger partial charge in [-0.3, -0.25) is 37.3 Å². The van der Waals surface area contributed by atoms with E-state index in [9.17, 15) is 43.2 Å². The maximum atomic E-state index is 13.1. The van der Waals surface area contributed by atoms with Crippen LogP contribution in [-0.4, -0.2) is 96.7 Å². The molecular weight excluding hydrogens is 1380 g/mol. The highest BCUT2D eigenvalue weighted by molar-refractivity contribution is 7.47. The number of carbonyl (C=O) groups is 4. The van der Waals surface area contributed by atoms with Gasteiger partial charge in [-0.2, -0.15) is 0 Å². The topological polar surface area (TPSA) is 237 Å². The Kier molecular flexibility index (Phi) is 73.5. The summed E-state index contributed by atoms with van der Waals surface area (Å²) in [7, 11) is -10.0. The van der Waals surface area contributed by atoms with Crippen LogP contribution in [0.4, 0.5) is 0 Å². The monoisotopic (exact) mass is 1520 g/mol. The third-order valence-corrected chi connectivity index (χ3v) is 18.1. The molecule has 106 heavy (non-hydrogen) atoms. The number of esters is 4. The standard InChI is InChI=1S/C87H142O17P2/c1-5-9-13-17-21-25-29-33-37-39-40-42-46-48-52-56-60-64-68-72-85(90)98-78-83(104-87(92)74-70-66-62-58-54-50-44-36-32-28-24-20-16-12-8-4)80-102-106(95,96)100-76-81(88)75-99-105(93,94)101-79-82(103-86(91)73-69-65-61-57-53-49-43-35-31-27-23-19-15-11-7-3)77-97-84(89)71-67-63-59-55-51-47-45-41-38-34-30-26-22-18-14-10-6-2/h9-11,13-15,21-28,33-38,40,42-45,47,53,57,81-83,88H,5-8,12,16-20,29-32,39,41,46,48-52,54-56,58-80H2,1-4H3,(H,93,94)(H,95,96)/b13-9-,14-10-,15-11-,25-21-,26-22-,27-23-,28-24-,37-33-,38-34-,42-40-,43-35-,44-36-,47-45-,57-53-. The maximum absolute atomic E-state index is 13.1. The van der Waals surface area contributed by atoms with E-state index in [1.54, 1.807) is 0 Å². The highest BCUT2D eigenvalue weighted by atomic mass is 31.2. The summed E-state index contributed by atoms with van der Waals surface area (Å²) in [4.78, 5) is 73.1. The van der Waals surface area contributed by atoms with Crippen LogP contribution in [0.1, 0.15) is 297 Å². The van der Waals surface area contributed by atoms with Crippen LogP contribution in [0.3, 0.4) is 0 Å². The second-order valence-corrected chi connectivity index (χ2v) is 29.1. The predicted octanol–water partition coefficient (Wildman–Crippen LogP) is 23.8. The Morgan fingerprint density at radius 1 is 0.274 bits per heavy atom. The minimum absolute atomic E-state index is 0.0307. The summed E-state index contributed by atoms with van der Waals surface area (Å²) in [6, 6.07) is 0. The largest absolute Gasteiger partial charge is 0.472 e. The number of allylic oxidation sites excluding steroid dienone is 28. The van der Waals surface area contributed by atoms with Gasteiger partial charge in [0.05, 0.1) is 26.4 Å². The molecule has 602 valence electrons. The van der Waals surface area contributed by atoms with Crippen LogP contribution in [0, 0.1) is 0 Å². The first-order valence-corrected chi connectivity index (χ1v) is 43.4. The minimum atomic E-state index is -5.00. The Labute approximate surface area is 642 Å². The SMILES string of the molecule is CC/C=C\C/C=C\C/C=C\C/C=C\CCCCCCCCC(=O)OCC(COP(=O)(O)OCC(O)COP(=O)(O)OCC(COC(=O)CCCCCC/C=C\C/C=C\C/C=C\C/C=C\CC)OC(=O)CCCC/C=C\C/C=C\C/C=C\C/C=C\CC)OC(=O)CCCCCCC/C=C\C/C=C\CCCCC. The van der Waals surface area contributed by atoms with Crippen molar-refractivity contribution in [2.24, 2.45) is 0 Å².